The summed E-state index contributed by atoms with van der Waals surface area (Å²) in [6, 6.07) is 14.3. The van der Waals surface area contributed by atoms with Gasteiger partial charge in [-0.2, -0.15) is 0 Å². The molecular weight excluding hydrogens is 432 g/mol. The molecule has 0 fully saturated rings. The number of ether oxygens (including phenoxy) is 1. The highest BCUT2D eigenvalue weighted by molar-refractivity contribution is 5.89. The van der Waals surface area contributed by atoms with Crippen molar-refractivity contribution in [3.8, 4) is 11.1 Å². The van der Waals surface area contributed by atoms with Crippen LogP contribution in [0.4, 0.5) is 4.79 Å². The molecule has 7 heteroatoms. The van der Waals surface area contributed by atoms with Crippen LogP contribution in [0.3, 0.4) is 0 Å². The van der Waals surface area contributed by atoms with Gasteiger partial charge in [0.15, 0.2) is 0 Å². The van der Waals surface area contributed by atoms with Gasteiger partial charge in [-0.1, -0.05) is 82.1 Å². The van der Waals surface area contributed by atoms with E-state index in [1.807, 2.05) is 57.2 Å². The molecule has 0 spiro atoms. The van der Waals surface area contributed by atoms with Crippen LogP contribution in [0, 0.1) is 5.92 Å². The number of fused-ring (bicyclic) bond motifs is 3. The average Bonchev–Trinajstić information content (AvgIpc) is 3.15. The minimum absolute atomic E-state index is 0.0825. The molecule has 0 saturated heterocycles. The van der Waals surface area contributed by atoms with E-state index in [-0.39, 0.29) is 18.4 Å². The fraction of sp³-hybridized carbons (Fsp3) is 0.444. The average molecular weight is 467 g/mol. The molecule has 0 radical (unpaired) electrons. The molecule has 0 bridgehead atoms. The molecular formula is C27H34N2O5. The summed E-state index contributed by atoms with van der Waals surface area (Å²) in [5.74, 6) is -1.51. The Bertz CT molecular complexity index is 976. The second-order valence-electron chi connectivity index (χ2n) is 8.96. The first-order valence-corrected chi connectivity index (χ1v) is 12.0. The highest BCUT2D eigenvalue weighted by Gasteiger charge is 2.31. The van der Waals surface area contributed by atoms with Crippen LogP contribution in [0.5, 0.6) is 0 Å². The molecule has 0 aliphatic heterocycles. The number of hydrogen-bond acceptors (Lipinski definition) is 4. The highest BCUT2D eigenvalue weighted by atomic mass is 16.5. The lowest BCUT2D eigenvalue weighted by Crippen LogP contribution is -2.52. The molecule has 3 rings (SSSR count). The number of amides is 2. The maximum absolute atomic E-state index is 12.9. The fourth-order valence-corrected chi connectivity index (χ4v) is 4.40. The van der Waals surface area contributed by atoms with Crippen molar-refractivity contribution < 1.29 is 24.2 Å². The third-order valence-corrected chi connectivity index (χ3v) is 6.48. The van der Waals surface area contributed by atoms with E-state index in [2.05, 4.69) is 22.8 Å². The maximum atomic E-state index is 12.9. The van der Waals surface area contributed by atoms with Gasteiger partial charge in [0.2, 0.25) is 5.91 Å². The minimum atomic E-state index is -1.08. The largest absolute Gasteiger partial charge is 0.480 e. The van der Waals surface area contributed by atoms with Gasteiger partial charge in [0.1, 0.15) is 18.7 Å². The number of carboxylic acids is 1. The molecule has 1 aliphatic rings. The zero-order valence-corrected chi connectivity index (χ0v) is 20.0. The van der Waals surface area contributed by atoms with Crippen molar-refractivity contribution in [2.45, 2.75) is 64.5 Å². The molecule has 3 N–H and O–H groups in total. The van der Waals surface area contributed by atoms with Gasteiger partial charge in [0, 0.05) is 5.92 Å². The van der Waals surface area contributed by atoms with E-state index in [1.54, 1.807) is 0 Å². The Morgan fingerprint density at radius 1 is 0.941 bits per heavy atom. The van der Waals surface area contributed by atoms with Gasteiger partial charge in [0.05, 0.1) is 0 Å². The van der Waals surface area contributed by atoms with E-state index < -0.39 is 30.1 Å². The molecule has 0 heterocycles. The van der Waals surface area contributed by atoms with Crippen molar-refractivity contribution >= 4 is 18.0 Å². The van der Waals surface area contributed by atoms with Crippen LogP contribution >= 0.6 is 0 Å². The van der Waals surface area contributed by atoms with Crippen molar-refractivity contribution in [1.29, 1.82) is 0 Å². The number of carbonyl (C=O) groups excluding carboxylic acids is 2. The predicted octanol–water partition coefficient (Wildman–Crippen LogP) is 4.70. The van der Waals surface area contributed by atoms with Gasteiger partial charge >= 0.3 is 12.1 Å². The monoisotopic (exact) mass is 466 g/mol. The summed E-state index contributed by atoms with van der Waals surface area (Å²) in [6.07, 6.45) is 1.47. The smallest absolute Gasteiger partial charge is 0.407 e. The lowest BCUT2D eigenvalue weighted by Gasteiger charge is -2.23. The summed E-state index contributed by atoms with van der Waals surface area (Å²) >= 11 is 0. The quantitative estimate of drug-likeness (QED) is 0.445. The highest BCUT2D eigenvalue weighted by Crippen LogP contribution is 2.44. The molecule has 0 aromatic heterocycles. The van der Waals surface area contributed by atoms with E-state index in [4.69, 9.17) is 4.74 Å². The predicted molar refractivity (Wildman–Crippen MR) is 131 cm³/mol. The lowest BCUT2D eigenvalue weighted by atomic mass is 9.98. The topological polar surface area (TPSA) is 105 Å². The van der Waals surface area contributed by atoms with Crippen molar-refractivity contribution in [1.82, 2.24) is 10.6 Å². The zero-order chi connectivity index (χ0) is 24.7. The number of alkyl carbamates (subject to hydrolysis) is 1. The van der Waals surface area contributed by atoms with Crippen LogP contribution < -0.4 is 10.6 Å². The Hall–Kier alpha value is -3.35. The lowest BCUT2D eigenvalue weighted by molar-refractivity contribution is -0.142. The molecule has 2 amide bonds. The summed E-state index contributed by atoms with van der Waals surface area (Å²) in [4.78, 5) is 37.1. The Balaban J connectivity index is 1.68. The second-order valence-corrected chi connectivity index (χ2v) is 8.96. The molecule has 1 aliphatic carbocycles. The molecule has 182 valence electrons. The molecule has 2 aromatic carbocycles. The van der Waals surface area contributed by atoms with E-state index in [0.717, 1.165) is 28.7 Å². The molecule has 0 saturated carbocycles. The third-order valence-electron chi connectivity index (χ3n) is 6.48. The number of carbonyl (C=O) groups is 3. The van der Waals surface area contributed by atoms with Crippen LogP contribution in [-0.4, -0.2) is 41.8 Å². The van der Waals surface area contributed by atoms with Gasteiger partial charge in [-0.25, -0.2) is 9.59 Å². The summed E-state index contributed by atoms with van der Waals surface area (Å²) in [6.45, 7) is 5.99. The molecule has 2 aromatic rings. The number of benzene rings is 2. The standard InChI is InChI=1S/C27H34N2O5/c1-4-10-23(26(31)32)28-25(30)24(15-17(3)5-2)29-27(33)34-16-22-20-13-8-6-11-18(20)19-12-7-9-14-21(19)22/h6-9,11-14,17,22-24H,4-5,10,15-16H2,1-3H3,(H,28,30)(H,29,33)(H,31,32)/t17?,23-,24?/m1/s1. The Morgan fingerprint density at radius 3 is 2.06 bits per heavy atom. The van der Waals surface area contributed by atoms with E-state index >= 15 is 0 Å². The van der Waals surface area contributed by atoms with Gasteiger partial charge in [-0.3, -0.25) is 4.79 Å². The van der Waals surface area contributed by atoms with Crippen LogP contribution in [-0.2, 0) is 14.3 Å². The second kappa shape index (κ2) is 11.7. The van der Waals surface area contributed by atoms with Crippen LogP contribution in [0.2, 0.25) is 0 Å². The van der Waals surface area contributed by atoms with Gasteiger partial charge in [0.25, 0.3) is 0 Å². The summed E-state index contributed by atoms with van der Waals surface area (Å²) in [5.41, 5.74) is 4.48. The SMILES string of the molecule is CCC[C@@H](NC(=O)C(CC(C)CC)NC(=O)OCC1c2ccccc2-c2ccccc21)C(=O)O. The van der Waals surface area contributed by atoms with Crippen LogP contribution in [0.1, 0.15) is 63.5 Å². The van der Waals surface area contributed by atoms with E-state index in [9.17, 15) is 19.5 Å². The first-order chi connectivity index (χ1) is 16.3. The molecule has 34 heavy (non-hydrogen) atoms. The Morgan fingerprint density at radius 2 is 1.53 bits per heavy atom. The van der Waals surface area contributed by atoms with E-state index in [0.29, 0.717) is 19.3 Å². The molecule has 7 nitrogen and oxygen atoms in total. The van der Waals surface area contributed by atoms with Gasteiger partial charge in [-0.15, -0.1) is 0 Å². The van der Waals surface area contributed by atoms with Gasteiger partial charge in [-0.05, 0) is 41.0 Å². The van der Waals surface area contributed by atoms with Crippen LogP contribution in [0.15, 0.2) is 48.5 Å². The molecule has 3 atom stereocenters. The fourth-order valence-electron chi connectivity index (χ4n) is 4.40. The number of aliphatic carboxylic acids is 1. The summed E-state index contributed by atoms with van der Waals surface area (Å²) in [5, 5.41) is 14.6. The van der Waals surface area contributed by atoms with Crippen molar-refractivity contribution in [3.05, 3.63) is 59.7 Å². The Labute approximate surface area is 200 Å². The van der Waals surface area contributed by atoms with E-state index in [1.165, 1.54) is 0 Å². The first-order valence-electron chi connectivity index (χ1n) is 12.0. The number of nitrogens with one attached hydrogen (secondary N) is 2. The van der Waals surface area contributed by atoms with Gasteiger partial charge < -0.3 is 20.5 Å². The Kier molecular flexibility index (Phi) is 8.68. The van der Waals surface area contributed by atoms with Crippen LogP contribution in [0.25, 0.3) is 11.1 Å². The normalized spacial score (nSPS) is 14.9. The number of carboxylic acid groups (broad SMARTS) is 1. The first kappa shape index (κ1) is 25.3. The van der Waals surface area contributed by atoms with Crippen molar-refractivity contribution in [2.24, 2.45) is 5.92 Å². The minimum Gasteiger partial charge on any atom is -0.480 e. The molecule has 2 unspecified atom stereocenters. The third kappa shape index (κ3) is 5.95. The number of hydrogen-bond donors (Lipinski definition) is 3. The zero-order valence-electron chi connectivity index (χ0n) is 20.0. The summed E-state index contributed by atoms with van der Waals surface area (Å²) < 4.78 is 5.59. The number of rotatable bonds is 11. The summed E-state index contributed by atoms with van der Waals surface area (Å²) in [7, 11) is 0. The van der Waals surface area contributed by atoms with Crippen molar-refractivity contribution in [3.63, 3.8) is 0 Å². The van der Waals surface area contributed by atoms with Crippen molar-refractivity contribution in [2.75, 3.05) is 6.61 Å². The maximum Gasteiger partial charge on any atom is 0.407 e.